The van der Waals surface area contributed by atoms with E-state index in [0.717, 1.165) is 47.6 Å². The minimum absolute atomic E-state index is 0.275. The van der Waals surface area contributed by atoms with E-state index in [2.05, 4.69) is 15.6 Å². The molecule has 3 amide bonds. The number of carbonyl (C=O) groups excluding carboxylic acids is 2. The minimum atomic E-state index is -0.735. The van der Waals surface area contributed by atoms with Gasteiger partial charge in [-0.05, 0) is 48.7 Å². The Morgan fingerprint density at radius 1 is 1.07 bits per heavy atom. The third-order valence-corrected chi connectivity index (χ3v) is 5.49. The van der Waals surface area contributed by atoms with E-state index in [0.29, 0.717) is 5.69 Å². The fourth-order valence-corrected chi connectivity index (χ4v) is 3.87. The van der Waals surface area contributed by atoms with Crippen molar-refractivity contribution in [3.63, 3.8) is 0 Å². The quantitative estimate of drug-likeness (QED) is 0.405. The summed E-state index contributed by atoms with van der Waals surface area (Å²) in [6.07, 6.45) is 3.79. The van der Waals surface area contributed by atoms with Crippen molar-refractivity contribution in [2.45, 2.75) is 19.4 Å². The number of aromatic nitrogens is 1. The number of benzene rings is 1. The van der Waals surface area contributed by atoms with Crippen LogP contribution in [0.2, 0.25) is 0 Å². The number of amides is 3. The van der Waals surface area contributed by atoms with Crippen LogP contribution in [0.5, 0.6) is 0 Å². The Bertz CT molecular complexity index is 970. The van der Waals surface area contributed by atoms with Crippen LogP contribution in [0.25, 0.3) is 10.4 Å². The van der Waals surface area contributed by atoms with Crippen LogP contribution in [0.3, 0.4) is 0 Å². The zero-order chi connectivity index (χ0) is 20.6. The molecule has 0 spiro atoms. The van der Waals surface area contributed by atoms with Crippen LogP contribution in [0, 0.1) is 0 Å². The zero-order valence-electron chi connectivity index (χ0n) is 15.9. The molecule has 6 N–H and O–H groups in total. The molecule has 0 aliphatic carbocycles. The number of rotatable bonds is 9. The predicted molar refractivity (Wildman–Crippen MR) is 116 cm³/mol. The number of nitrogens with two attached hydrogens (primary N) is 2. The minimum Gasteiger partial charge on any atom is -0.365 e. The molecule has 3 aromatic rings. The van der Waals surface area contributed by atoms with Crippen LogP contribution in [0.15, 0.2) is 54.7 Å². The molecule has 0 unspecified atom stereocenters. The third-order valence-electron chi connectivity index (χ3n) is 4.29. The lowest BCUT2D eigenvalue weighted by Gasteiger charge is -2.06. The number of aryl methyl sites for hydroxylation is 1. The summed E-state index contributed by atoms with van der Waals surface area (Å²) < 4.78 is 0. The molecular formula is C21H23N5O2S. The summed E-state index contributed by atoms with van der Waals surface area (Å²) in [4.78, 5) is 28.1. The molecule has 29 heavy (non-hydrogen) atoms. The molecule has 150 valence electrons. The first-order chi connectivity index (χ1) is 14.0. The van der Waals surface area contributed by atoms with Crippen LogP contribution >= 0.6 is 11.3 Å². The van der Waals surface area contributed by atoms with Crippen LogP contribution in [-0.2, 0) is 13.0 Å². The first-order valence-electron chi connectivity index (χ1n) is 9.23. The predicted octanol–water partition coefficient (Wildman–Crippen LogP) is 3.12. The molecule has 0 saturated heterocycles. The molecule has 0 aliphatic heterocycles. The van der Waals surface area contributed by atoms with Gasteiger partial charge in [0.1, 0.15) is 4.88 Å². The average Bonchev–Trinajstić information content (AvgIpc) is 3.12. The Balaban J connectivity index is 1.54. The SMILES string of the molecule is NC(=O)Nc1cc(-c2ccc(CNCCCc3ccccn3)cc2)sc1C(N)=O. The van der Waals surface area contributed by atoms with Gasteiger partial charge < -0.3 is 22.1 Å². The normalized spacial score (nSPS) is 10.6. The highest BCUT2D eigenvalue weighted by atomic mass is 32.1. The van der Waals surface area contributed by atoms with Gasteiger partial charge in [-0.2, -0.15) is 0 Å². The maximum absolute atomic E-state index is 11.6. The van der Waals surface area contributed by atoms with E-state index in [1.807, 2.05) is 48.7 Å². The molecule has 0 fully saturated rings. The number of urea groups is 1. The first-order valence-corrected chi connectivity index (χ1v) is 10.0. The highest BCUT2D eigenvalue weighted by molar-refractivity contribution is 7.18. The summed E-state index contributed by atoms with van der Waals surface area (Å²) in [7, 11) is 0. The number of thiophene rings is 1. The van der Waals surface area contributed by atoms with Crippen LogP contribution in [-0.4, -0.2) is 23.5 Å². The van der Waals surface area contributed by atoms with Gasteiger partial charge in [0.05, 0.1) is 5.69 Å². The van der Waals surface area contributed by atoms with Crippen LogP contribution < -0.4 is 22.1 Å². The maximum Gasteiger partial charge on any atom is 0.316 e. The Labute approximate surface area is 173 Å². The van der Waals surface area contributed by atoms with Gasteiger partial charge in [0.2, 0.25) is 0 Å². The van der Waals surface area contributed by atoms with E-state index >= 15 is 0 Å². The summed E-state index contributed by atoms with van der Waals surface area (Å²) in [5.74, 6) is -0.600. The standard InChI is InChI=1S/C21H23N5O2S/c22-20(27)19-17(26-21(23)28)12-18(29-19)15-8-6-14(7-9-15)13-24-10-3-5-16-4-1-2-11-25-16/h1-2,4,6-9,11-12,24H,3,5,10,13H2,(H2,22,27)(H3,23,26,28). The smallest absolute Gasteiger partial charge is 0.316 e. The second-order valence-corrected chi connectivity index (χ2v) is 7.56. The monoisotopic (exact) mass is 409 g/mol. The van der Waals surface area contributed by atoms with E-state index in [9.17, 15) is 9.59 Å². The molecule has 0 atom stereocenters. The lowest BCUT2D eigenvalue weighted by Crippen LogP contribution is -2.21. The number of pyridine rings is 1. The van der Waals surface area contributed by atoms with Gasteiger partial charge in [0.25, 0.3) is 5.91 Å². The van der Waals surface area contributed by atoms with Gasteiger partial charge in [-0.25, -0.2) is 4.79 Å². The molecule has 2 aromatic heterocycles. The van der Waals surface area contributed by atoms with E-state index in [4.69, 9.17) is 11.5 Å². The average molecular weight is 410 g/mol. The number of nitrogens with zero attached hydrogens (tertiary/aromatic N) is 1. The molecule has 0 bridgehead atoms. The Kier molecular flexibility index (Phi) is 6.94. The Morgan fingerprint density at radius 3 is 2.52 bits per heavy atom. The molecule has 7 nitrogen and oxygen atoms in total. The molecule has 2 heterocycles. The summed E-state index contributed by atoms with van der Waals surface area (Å²) in [5.41, 5.74) is 14.1. The lowest BCUT2D eigenvalue weighted by molar-refractivity contribution is 0.100. The van der Waals surface area contributed by atoms with Crippen LogP contribution in [0.1, 0.15) is 27.3 Å². The van der Waals surface area contributed by atoms with Crippen molar-refractivity contribution < 1.29 is 9.59 Å². The van der Waals surface area contributed by atoms with E-state index in [1.54, 1.807) is 6.07 Å². The summed E-state index contributed by atoms with van der Waals surface area (Å²) in [5, 5.41) is 5.88. The highest BCUT2D eigenvalue weighted by Crippen LogP contribution is 2.34. The fourth-order valence-electron chi connectivity index (χ4n) is 2.90. The maximum atomic E-state index is 11.6. The highest BCUT2D eigenvalue weighted by Gasteiger charge is 2.16. The van der Waals surface area contributed by atoms with Gasteiger partial charge in [0, 0.05) is 23.3 Å². The number of anilines is 1. The van der Waals surface area contributed by atoms with E-state index < -0.39 is 11.9 Å². The number of hydrogen-bond acceptors (Lipinski definition) is 5. The lowest BCUT2D eigenvalue weighted by atomic mass is 10.1. The molecule has 3 rings (SSSR count). The largest absolute Gasteiger partial charge is 0.365 e. The fraction of sp³-hybridized carbons (Fsp3) is 0.190. The second kappa shape index (κ2) is 9.81. The van der Waals surface area contributed by atoms with Crippen molar-refractivity contribution >= 4 is 29.0 Å². The van der Waals surface area contributed by atoms with Crippen molar-refractivity contribution in [3.8, 4) is 10.4 Å². The number of nitrogens with one attached hydrogen (secondary N) is 2. The molecule has 1 aromatic carbocycles. The summed E-state index contributed by atoms with van der Waals surface area (Å²) in [6.45, 7) is 1.68. The molecular weight excluding hydrogens is 386 g/mol. The summed E-state index contributed by atoms with van der Waals surface area (Å²) in [6, 6.07) is 15.0. The molecule has 0 radical (unpaired) electrons. The topological polar surface area (TPSA) is 123 Å². The van der Waals surface area contributed by atoms with Gasteiger partial charge in [-0.3, -0.25) is 9.78 Å². The van der Waals surface area contributed by atoms with E-state index in [1.165, 1.54) is 11.3 Å². The van der Waals surface area contributed by atoms with Crippen molar-refractivity contribution in [1.82, 2.24) is 10.3 Å². The molecule has 8 heteroatoms. The number of primary amides is 2. The number of hydrogen-bond donors (Lipinski definition) is 4. The van der Waals surface area contributed by atoms with Gasteiger partial charge >= 0.3 is 6.03 Å². The van der Waals surface area contributed by atoms with Gasteiger partial charge in [-0.15, -0.1) is 11.3 Å². The second-order valence-electron chi connectivity index (χ2n) is 6.51. The molecule has 0 aliphatic rings. The van der Waals surface area contributed by atoms with Crippen LogP contribution in [0.4, 0.5) is 10.5 Å². The van der Waals surface area contributed by atoms with Crippen molar-refractivity contribution in [3.05, 3.63) is 70.9 Å². The van der Waals surface area contributed by atoms with Crippen molar-refractivity contribution in [2.75, 3.05) is 11.9 Å². The van der Waals surface area contributed by atoms with Gasteiger partial charge in [-0.1, -0.05) is 30.3 Å². The Hall–Kier alpha value is -3.23. The molecule has 0 saturated carbocycles. The van der Waals surface area contributed by atoms with E-state index in [-0.39, 0.29) is 4.88 Å². The zero-order valence-corrected chi connectivity index (χ0v) is 16.7. The van der Waals surface area contributed by atoms with Crippen molar-refractivity contribution in [2.24, 2.45) is 11.5 Å². The van der Waals surface area contributed by atoms with Gasteiger partial charge in [0.15, 0.2) is 0 Å². The van der Waals surface area contributed by atoms with Crippen molar-refractivity contribution in [1.29, 1.82) is 0 Å². The number of carbonyl (C=O) groups is 2. The first kappa shape index (κ1) is 20.5. The summed E-state index contributed by atoms with van der Waals surface area (Å²) >= 11 is 1.22. The Morgan fingerprint density at radius 2 is 1.86 bits per heavy atom. The third kappa shape index (κ3) is 5.87.